The molecule has 324 valence electrons. The predicted octanol–water partition coefficient (Wildman–Crippen LogP) is 10.9. The first-order valence-electron chi connectivity index (χ1n) is 22.5. The maximum absolute atomic E-state index is 12.9. The standard InChI is InChI=1S/C54H72O6/c1-11-57-19-15-49-39-23-37(35-55)24-40(49)28-44-32-48(54(8,9)10)34-46(52(44)18-22-60-14-4)30-42-26-38(36-56)25-41(50(42)16-20-58-12-2)29-45-33-47(53(5,6)7)31-43(27-39)51(45)17-21-59-13-3/h23-26,31-36H,11-22,27-30H2,1-10H3. The largest absolute Gasteiger partial charge is 0.381 e. The van der Waals surface area contributed by atoms with Crippen LogP contribution in [0.15, 0.2) is 48.5 Å². The van der Waals surface area contributed by atoms with Gasteiger partial charge in [-0.3, -0.25) is 9.59 Å². The summed E-state index contributed by atoms with van der Waals surface area (Å²) in [5.41, 5.74) is 18.5. The van der Waals surface area contributed by atoms with E-state index in [4.69, 9.17) is 18.9 Å². The molecule has 4 aromatic carbocycles. The van der Waals surface area contributed by atoms with Crippen LogP contribution in [0, 0.1) is 0 Å². The van der Waals surface area contributed by atoms with Gasteiger partial charge in [-0.1, -0.05) is 65.8 Å². The zero-order chi connectivity index (χ0) is 43.5. The number of aldehydes is 2. The van der Waals surface area contributed by atoms with Gasteiger partial charge in [0, 0.05) is 37.6 Å². The lowest BCUT2D eigenvalue weighted by Crippen LogP contribution is -2.18. The van der Waals surface area contributed by atoms with Crippen molar-refractivity contribution in [3.63, 3.8) is 0 Å². The minimum absolute atomic E-state index is 0.116. The molecule has 0 atom stereocenters. The van der Waals surface area contributed by atoms with Crippen molar-refractivity contribution in [2.24, 2.45) is 0 Å². The van der Waals surface area contributed by atoms with Gasteiger partial charge in [0.1, 0.15) is 12.6 Å². The fourth-order valence-electron chi connectivity index (χ4n) is 8.89. The van der Waals surface area contributed by atoms with Crippen LogP contribution in [0.25, 0.3) is 0 Å². The minimum atomic E-state index is -0.116. The van der Waals surface area contributed by atoms with Crippen LogP contribution in [0.3, 0.4) is 0 Å². The van der Waals surface area contributed by atoms with Crippen molar-refractivity contribution in [1.82, 2.24) is 0 Å². The van der Waals surface area contributed by atoms with E-state index in [9.17, 15) is 9.59 Å². The summed E-state index contributed by atoms with van der Waals surface area (Å²) in [6, 6.07) is 18.1. The highest BCUT2D eigenvalue weighted by atomic mass is 16.5. The fourth-order valence-corrected chi connectivity index (χ4v) is 8.89. The van der Waals surface area contributed by atoms with Gasteiger partial charge in [-0.25, -0.2) is 0 Å². The van der Waals surface area contributed by atoms with E-state index >= 15 is 0 Å². The first-order valence-corrected chi connectivity index (χ1v) is 22.5. The Kier molecular flexibility index (Phi) is 17.1. The van der Waals surface area contributed by atoms with Crippen LogP contribution < -0.4 is 0 Å². The molecule has 8 bridgehead atoms. The molecule has 1 aliphatic carbocycles. The van der Waals surface area contributed by atoms with Crippen molar-refractivity contribution in [2.75, 3.05) is 52.9 Å². The Morgan fingerprint density at radius 1 is 0.400 bits per heavy atom. The van der Waals surface area contributed by atoms with E-state index in [1.54, 1.807) is 0 Å². The molecule has 0 radical (unpaired) electrons. The second-order valence-electron chi connectivity index (χ2n) is 18.4. The fraction of sp³-hybridized carbons (Fsp3) is 0.519. The number of ether oxygens (including phenoxy) is 4. The third-order valence-corrected chi connectivity index (χ3v) is 12.1. The summed E-state index contributed by atoms with van der Waals surface area (Å²) in [4.78, 5) is 25.7. The first kappa shape index (κ1) is 47.1. The van der Waals surface area contributed by atoms with Crippen molar-refractivity contribution in [3.8, 4) is 0 Å². The zero-order valence-electron chi connectivity index (χ0n) is 38.5. The lowest BCUT2D eigenvalue weighted by Gasteiger charge is -2.28. The van der Waals surface area contributed by atoms with Crippen LogP contribution in [0.1, 0.15) is 168 Å². The SMILES string of the molecule is CCOCCc1c2cc(C=O)cc1Cc1cc(C(C)(C)C)cc(c1CCOCC)Cc1cc(C=O)cc(c1CCOCC)Cc1cc(C(C)(C)C)cc(c1CCOCC)C2. The van der Waals surface area contributed by atoms with E-state index in [0.29, 0.717) is 89.7 Å². The van der Waals surface area contributed by atoms with Crippen molar-refractivity contribution in [2.45, 2.75) is 131 Å². The Morgan fingerprint density at radius 3 is 0.800 bits per heavy atom. The van der Waals surface area contributed by atoms with Crippen molar-refractivity contribution < 1.29 is 28.5 Å². The van der Waals surface area contributed by atoms with Crippen LogP contribution in [-0.4, -0.2) is 65.4 Å². The summed E-state index contributed by atoms with van der Waals surface area (Å²) in [7, 11) is 0. The molecule has 0 fully saturated rings. The van der Waals surface area contributed by atoms with Gasteiger partial charge in [0.05, 0.1) is 26.4 Å². The summed E-state index contributed by atoms with van der Waals surface area (Å²) >= 11 is 0. The summed E-state index contributed by atoms with van der Waals surface area (Å²) in [6.07, 6.45) is 7.75. The first-order chi connectivity index (χ1) is 28.7. The molecule has 0 amide bonds. The molecule has 6 heteroatoms. The van der Waals surface area contributed by atoms with E-state index in [0.717, 1.165) is 38.3 Å². The minimum Gasteiger partial charge on any atom is -0.381 e. The number of hydrogen-bond acceptors (Lipinski definition) is 6. The van der Waals surface area contributed by atoms with Crippen molar-refractivity contribution in [3.05, 3.63) is 138 Å². The molecule has 5 rings (SSSR count). The van der Waals surface area contributed by atoms with Crippen LogP contribution in [0.2, 0.25) is 0 Å². The second-order valence-corrected chi connectivity index (χ2v) is 18.4. The molecule has 6 nitrogen and oxygen atoms in total. The van der Waals surface area contributed by atoms with Gasteiger partial charge in [0.2, 0.25) is 0 Å². The molecule has 0 aromatic heterocycles. The summed E-state index contributed by atoms with van der Waals surface area (Å²) in [6.45, 7) is 26.9. The Balaban J connectivity index is 1.95. The highest BCUT2D eigenvalue weighted by Gasteiger charge is 2.26. The molecule has 0 saturated carbocycles. The molecule has 60 heavy (non-hydrogen) atoms. The van der Waals surface area contributed by atoms with Crippen LogP contribution in [-0.2, 0) is 81.1 Å². The highest BCUT2D eigenvalue weighted by Crippen LogP contribution is 2.37. The smallest absolute Gasteiger partial charge is 0.150 e. The topological polar surface area (TPSA) is 71.1 Å². The molecule has 0 N–H and O–H groups in total. The van der Waals surface area contributed by atoms with Gasteiger partial charge in [-0.15, -0.1) is 0 Å². The summed E-state index contributed by atoms with van der Waals surface area (Å²) in [5.74, 6) is 0. The summed E-state index contributed by atoms with van der Waals surface area (Å²) in [5, 5.41) is 0. The number of benzene rings is 4. The molecule has 4 aromatic rings. The lowest BCUT2D eigenvalue weighted by atomic mass is 9.77. The Hall–Kier alpha value is -3.94. The Labute approximate surface area is 361 Å². The number of fused-ring (bicyclic) bond motifs is 8. The maximum Gasteiger partial charge on any atom is 0.150 e. The quantitative estimate of drug-likeness (QED) is 0.0648. The van der Waals surface area contributed by atoms with Gasteiger partial charge in [0.15, 0.2) is 0 Å². The molecule has 0 spiro atoms. The van der Waals surface area contributed by atoms with E-state index in [2.05, 4.69) is 90.1 Å². The number of hydrogen-bond donors (Lipinski definition) is 0. The van der Waals surface area contributed by atoms with Gasteiger partial charge in [-0.05, 0) is 192 Å². The van der Waals surface area contributed by atoms with Crippen molar-refractivity contribution >= 4 is 12.6 Å². The molecular weight excluding hydrogens is 745 g/mol. The Bertz CT molecular complexity index is 1830. The average molecular weight is 817 g/mol. The van der Waals surface area contributed by atoms with Gasteiger partial charge < -0.3 is 18.9 Å². The number of rotatable bonds is 18. The lowest BCUT2D eigenvalue weighted by molar-refractivity contribution is 0.111. The average Bonchev–Trinajstić information content (AvgIpc) is 3.20. The van der Waals surface area contributed by atoms with E-state index < -0.39 is 0 Å². The van der Waals surface area contributed by atoms with Gasteiger partial charge >= 0.3 is 0 Å². The molecule has 0 heterocycles. The monoisotopic (exact) mass is 817 g/mol. The van der Waals surface area contributed by atoms with Crippen LogP contribution >= 0.6 is 0 Å². The van der Waals surface area contributed by atoms with Crippen LogP contribution in [0.5, 0.6) is 0 Å². The summed E-state index contributed by atoms with van der Waals surface area (Å²) < 4.78 is 24.2. The highest BCUT2D eigenvalue weighted by molar-refractivity contribution is 5.77. The van der Waals surface area contributed by atoms with Crippen LogP contribution in [0.4, 0.5) is 0 Å². The van der Waals surface area contributed by atoms with Gasteiger partial charge in [0.25, 0.3) is 0 Å². The molecule has 0 saturated heterocycles. The predicted molar refractivity (Wildman–Crippen MR) is 246 cm³/mol. The second kappa shape index (κ2) is 21.7. The van der Waals surface area contributed by atoms with E-state index in [1.807, 2.05) is 27.7 Å². The molecular formula is C54H72O6. The van der Waals surface area contributed by atoms with Crippen molar-refractivity contribution in [1.29, 1.82) is 0 Å². The molecule has 1 aliphatic rings. The number of carbonyl (C=O) groups is 2. The molecule has 0 aliphatic heterocycles. The third kappa shape index (κ3) is 12.1. The van der Waals surface area contributed by atoms with E-state index in [1.165, 1.54) is 77.9 Å². The molecule has 0 unspecified atom stereocenters. The zero-order valence-corrected chi connectivity index (χ0v) is 38.5. The Morgan fingerprint density at radius 2 is 0.617 bits per heavy atom. The van der Waals surface area contributed by atoms with E-state index in [-0.39, 0.29) is 10.8 Å². The maximum atomic E-state index is 12.9. The van der Waals surface area contributed by atoms with Gasteiger partial charge in [-0.2, -0.15) is 0 Å². The normalized spacial score (nSPS) is 13.1. The third-order valence-electron chi connectivity index (χ3n) is 12.1. The number of carbonyl (C=O) groups excluding carboxylic acids is 2.